The number of benzene rings is 1. The van der Waals surface area contributed by atoms with Gasteiger partial charge in [-0.25, -0.2) is 0 Å². The number of carbonyl (C=O) groups is 1. The summed E-state index contributed by atoms with van der Waals surface area (Å²) in [6.45, 7) is 1.00. The zero-order chi connectivity index (χ0) is 12.3. The molecule has 1 aromatic carbocycles. The highest BCUT2D eigenvalue weighted by Gasteiger charge is 2.27. The molecule has 2 rings (SSSR count). The van der Waals surface area contributed by atoms with Crippen LogP contribution in [0.25, 0.3) is 0 Å². The minimum absolute atomic E-state index is 0. The molecule has 3 N–H and O–H groups in total. The van der Waals surface area contributed by atoms with Gasteiger partial charge in [-0.15, -0.1) is 12.4 Å². The molecule has 0 spiro atoms. The Bertz CT molecular complexity index is 417. The number of β-amino-alcohol motifs (C(OH)–C–C–N with tert-alkyl or cyclic N) is 1. The monoisotopic (exact) mass is 334 g/mol. The van der Waals surface area contributed by atoms with Crippen molar-refractivity contribution in [2.45, 2.75) is 25.1 Å². The van der Waals surface area contributed by atoms with Gasteiger partial charge in [-0.3, -0.25) is 4.79 Å². The van der Waals surface area contributed by atoms with Gasteiger partial charge >= 0.3 is 0 Å². The molecule has 0 aromatic heterocycles. The van der Waals surface area contributed by atoms with Gasteiger partial charge in [0.15, 0.2) is 0 Å². The largest absolute Gasteiger partial charge is 0.392 e. The van der Waals surface area contributed by atoms with E-state index < -0.39 is 6.10 Å². The Balaban J connectivity index is 0.00000162. The molecular formula is C12H16BrClN2O2. The number of hydrogen-bond acceptors (Lipinski definition) is 3. The number of nitrogens with one attached hydrogen (secondary N) is 2. The van der Waals surface area contributed by atoms with Crippen molar-refractivity contribution in [1.82, 2.24) is 10.6 Å². The van der Waals surface area contributed by atoms with E-state index in [2.05, 4.69) is 26.6 Å². The molecule has 1 saturated heterocycles. The molecule has 0 aliphatic carbocycles. The van der Waals surface area contributed by atoms with Gasteiger partial charge in [0, 0.05) is 17.6 Å². The zero-order valence-electron chi connectivity index (χ0n) is 9.73. The van der Waals surface area contributed by atoms with Gasteiger partial charge in [0.05, 0.1) is 12.1 Å². The van der Waals surface area contributed by atoms with Crippen molar-refractivity contribution in [2.24, 2.45) is 0 Å². The van der Waals surface area contributed by atoms with Crippen LogP contribution < -0.4 is 10.6 Å². The van der Waals surface area contributed by atoms with Crippen LogP contribution in [-0.2, 0) is 11.3 Å². The first-order valence-electron chi connectivity index (χ1n) is 5.59. The molecule has 2 atom stereocenters. The topological polar surface area (TPSA) is 61.4 Å². The molecule has 1 fully saturated rings. The molecule has 0 radical (unpaired) electrons. The van der Waals surface area contributed by atoms with Crippen LogP contribution in [0, 0.1) is 0 Å². The van der Waals surface area contributed by atoms with Gasteiger partial charge in [-0.2, -0.15) is 0 Å². The number of aliphatic hydroxyl groups excluding tert-OH is 1. The summed E-state index contributed by atoms with van der Waals surface area (Å²) in [5, 5.41) is 15.2. The highest BCUT2D eigenvalue weighted by Crippen LogP contribution is 2.12. The predicted molar refractivity (Wildman–Crippen MR) is 75.7 cm³/mol. The van der Waals surface area contributed by atoms with Crippen molar-refractivity contribution in [3.05, 3.63) is 34.3 Å². The molecule has 6 heteroatoms. The van der Waals surface area contributed by atoms with Gasteiger partial charge in [-0.1, -0.05) is 28.1 Å². The van der Waals surface area contributed by atoms with Crippen LogP contribution in [0.5, 0.6) is 0 Å². The molecule has 1 aliphatic rings. The first-order chi connectivity index (χ1) is 8.15. The Morgan fingerprint density at radius 3 is 2.94 bits per heavy atom. The molecule has 0 saturated carbocycles. The fourth-order valence-corrected chi connectivity index (χ4v) is 2.32. The van der Waals surface area contributed by atoms with E-state index in [-0.39, 0.29) is 24.4 Å². The van der Waals surface area contributed by atoms with Crippen LogP contribution in [0.2, 0.25) is 0 Å². The van der Waals surface area contributed by atoms with Crippen LogP contribution in [0.3, 0.4) is 0 Å². The van der Waals surface area contributed by atoms with Crippen LogP contribution >= 0.6 is 28.3 Å². The summed E-state index contributed by atoms with van der Waals surface area (Å²) < 4.78 is 0.999. The summed E-state index contributed by atoms with van der Waals surface area (Å²) in [6, 6.07) is 7.54. The summed E-state index contributed by atoms with van der Waals surface area (Å²) in [5.74, 6) is -0.0541. The highest BCUT2D eigenvalue weighted by atomic mass is 79.9. The lowest BCUT2D eigenvalue weighted by Gasteiger charge is -2.11. The Hall–Kier alpha value is -0.620. The SMILES string of the molecule is Cl.O=C(NCc1cccc(Br)c1)C1CC(O)CN1. The Morgan fingerprint density at radius 1 is 1.56 bits per heavy atom. The second kappa shape index (κ2) is 7.09. The fourth-order valence-electron chi connectivity index (χ4n) is 1.88. The molecule has 18 heavy (non-hydrogen) atoms. The number of carbonyl (C=O) groups excluding carboxylic acids is 1. The molecule has 1 amide bonds. The van der Waals surface area contributed by atoms with Crippen molar-refractivity contribution in [1.29, 1.82) is 0 Å². The average Bonchev–Trinajstić information content (AvgIpc) is 2.73. The average molecular weight is 336 g/mol. The van der Waals surface area contributed by atoms with E-state index in [9.17, 15) is 9.90 Å². The van der Waals surface area contributed by atoms with Crippen LogP contribution in [-0.4, -0.2) is 29.7 Å². The van der Waals surface area contributed by atoms with Crippen molar-refractivity contribution in [2.75, 3.05) is 6.54 Å². The van der Waals surface area contributed by atoms with Crippen molar-refractivity contribution >= 4 is 34.2 Å². The summed E-state index contributed by atoms with van der Waals surface area (Å²) in [6.07, 6.45) is 0.0845. The van der Waals surface area contributed by atoms with Gasteiger partial charge in [0.1, 0.15) is 0 Å². The van der Waals surface area contributed by atoms with E-state index >= 15 is 0 Å². The van der Waals surface area contributed by atoms with Gasteiger partial charge in [0.2, 0.25) is 5.91 Å². The third-order valence-electron chi connectivity index (χ3n) is 2.78. The maximum absolute atomic E-state index is 11.8. The van der Waals surface area contributed by atoms with Crippen LogP contribution in [0.1, 0.15) is 12.0 Å². The quantitative estimate of drug-likeness (QED) is 0.778. The molecule has 1 heterocycles. The Morgan fingerprint density at radius 2 is 2.33 bits per heavy atom. The minimum atomic E-state index is -0.406. The minimum Gasteiger partial charge on any atom is -0.392 e. The lowest BCUT2D eigenvalue weighted by atomic mass is 10.2. The van der Waals surface area contributed by atoms with E-state index in [0.29, 0.717) is 19.5 Å². The molecule has 100 valence electrons. The molecule has 2 unspecified atom stereocenters. The second-order valence-electron chi connectivity index (χ2n) is 4.20. The molecular weight excluding hydrogens is 320 g/mol. The smallest absolute Gasteiger partial charge is 0.237 e. The third kappa shape index (κ3) is 4.24. The Kier molecular flexibility index (Phi) is 6.08. The van der Waals surface area contributed by atoms with Crippen molar-refractivity contribution < 1.29 is 9.90 Å². The Labute approximate surface area is 121 Å². The number of rotatable bonds is 3. The lowest BCUT2D eigenvalue weighted by Crippen LogP contribution is -2.39. The molecule has 0 bridgehead atoms. The van der Waals surface area contributed by atoms with E-state index in [1.165, 1.54) is 0 Å². The van der Waals surface area contributed by atoms with Crippen molar-refractivity contribution in [3.8, 4) is 0 Å². The number of halogens is 2. The normalized spacial score (nSPS) is 22.3. The van der Waals surface area contributed by atoms with Crippen molar-refractivity contribution in [3.63, 3.8) is 0 Å². The molecule has 1 aromatic rings. The first-order valence-corrected chi connectivity index (χ1v) is 6.38. The summed E-state index contributed by atoms with van der Waals surface area (Å²) in [5.41, 5.74) is 1.05. The van der Waals surface area contributed by atoms with Crippen LogP contribution in [0.4, 0.5) is 0 Å². The number of hydrogen-bond donors (Lipinski definition) is 3. The molecule has 4 nitrogen and oxygen atoms in total. The molecule has 1 aliphatic heterocycles. The van der Waals surface area contributed by atoms with Crippen LogP contribution in [0.15, 0.2) is 28.7 Å². The fraction of sp³-hybridized carbons (Fsp3) is 0.417. The number of aliphatic hydroxyl groups is 1. The lowest BCUT2D eigenvalue weighted by molar-refractivity contribution is -0.123. The van der Waals surface area contributed by atoms with E-state index in [1.54, 1.807) is 0 Å². The third-order valence-corrected chi connectivity index (χ3v) is 3.27. The van der Waals surface area contributed by atoms with E-state index in [1.807, 2.05) is 24.3 Å². The first kappa shape index (κ1) is 15.4. The van der Waals surface area contributed by atoms with E-state index in [4.69, 9.17) is 0 Å². The second-order valence-corrected chi connectivity index (χ2v) is 5.11. The summed E-state index contributed by atoms with van der Waals surface area (Å²) >= 11 is 3.39. The summed E-state index contributed by atoms with van der Waals surface area (Å²) in [4.78, 5) is 11.8. The highest BCUT2D eigenvalue weighted by molar-refractivity contribution is 9.10. The van der Waals surface area contributed by atoms with Gasteiger partial charge in [0.25, 0.3) is 0 Å². The standard InChI is InChI=1S/C12H15BrN2O2.ClH/c13-9-3-1-2-8(4-9)6-15-12(17)11-5-10(16)7-14-11;/h1-4,10-11,14,16H,5-7H2,(H,15,17);1H. The van der Waals surface area contributed by atoms with Gasteiger partial charge < -0.3 is 15.7 Å². The van der Waals surface area contributed by atoms with E-state index in [0.717, 1.165) is 10.0 Å². The number of amides is 1. The van der Waals surface area contributed by atoms with Gasteiger partial charge in [-0.05, 0) is 24.1 Å². The summed E-state index contributed by atoms with van der Waals surface area (Å²) in [7, 11) is 0. The predicted octanol–water partition coefficient (Wildman–Crippen LogP) is 1.21. The maximum atomic E-state index is 11.8. The zero-order valence-corrected chi connectivity index (χ0v) is 12.1. The maximum Gasteiger partial charge on any atom is 0.237 e.